The van der Waals surface area contributed by atoms with Crippen molar-refractivity contribution in [3.05, 3.63) is 89.2 Å². The minimum absolute atomic E-state index is 0.0496. The fourth-order valence-corrected chi connectivity index (χ4v) is 4.97. The molecule has 1 aromatic heterocycles. The van der Waals surface area contributed by atoms with Crippen LogP contribution >= 0.6 is 11.6 Å². The molecule has 0 fully saturated rings. The van der Waals surface area contributed by atoms with Gasteiger partial charge in [0.05, 0.1) is 6.54 Å². The number of rotatable bonds is 6. The Morgan fingerprint density at radius 3 is 2.57 bits per heavy atom. The second kappa shape index (κ2) is 8.55. The molecule has 2 heterocycles. The normalized spacial score (nSPS) is 13.5. The van der Waals surface area contributed by atoms with Crippen LogP contribution in [0.15, 0.2) is 78.0 Å². The molecule has 1 aliphatic heterocycles. The maximum Gasteiger partial charge on any atom is 0.245 e. The van der Waals surface area contributed by atoms with Crippen LogP contribution in [-0.2, 0) is 27.8 Å². The first-order valence-electron chi connectivity index (χ1n) is 9.48. The minimum Gasteiger partial charge on any atom is -0.311 e. The Morgan fingerprint density at radius 1 is 1.07 bits per heavy atom. The van der Waals surface area contributed by atoms with E-state index in [1.54, 1.807) is 35.2 Å². The number of carbonyl (C=O) groups excluding carboxylic acids is 1. The Balaban J connectivity index is 1.63. The summed E-state index contributed by atoms with van der Waals surface area (Å²) in [4.78, 5) is 18.7. The molecule has 0 saturated carbocycles. The topological polar surface area (TPSA) is 70.6 Å². The monoisotopic (exact) mass is 441 g/mol. The predicted molar refractivity (Wildman–Crippen MR) is 116 cm³/mol. The highest BCUT2D eigenvalue weighted by Crippen LogP contribution is 2.28. The lowest BCUT2D eigenvalue weighted by molar-refractivity contribution is -0.118. The zero-order chi connectivity index (χ0) is 21.1. The molecule has 8 heteroatoms. The fraction of sp³-hybridized carbons (Fsp3) is 0.182. The maximum absolute atomic E-state index is 13.3. The molecule has 0 saturated heterocycles. The number of nitrogens with zero attached hydrogens (tertiary/aromatic N) is 3. The Labute approximate surface area is 180 Å². The van der Waals surface area contributed by atoms with Gasteiger partial charge in [-0.15, -0.1) is 0 Å². The first-order valence-corrected chi connectivity index (χ1v) is 11.3. The molecule has 30 heavy (non-hydrogen) atoms. The van der Waals surface area contributed by atoms with Crippen molar-refractivity contribution in [2.24, 2.45) is 0 Å². The van der Waals surface area contributed by atoms with Gasteiger partial charge >= 0.3 is 0 Å². The quantitative estimate of drug-likeness (QED) is 0.586. The zero-order valence-corrected chi connectivity index (χ0v) is 17.7. The fourth-order valence-electron chi connectivity index (χ4n) is 3.50. The Kier molecular flexibility index (Phi) is 5.85. The first-order chi connectivity index (χ1) is 14.4. The lowest BCUT2D eigenvalue weighted by Crippen LogP contribution is -2.42. The molecule has 0 N–H and O–H groups in total. The number of pyridine rings is 1. The van der Waals surface area contributed by atoms with Crippen LogP contribution in [0.3, 0.4) is 0 Å². The van der Waals surface area contributed by atoms with E-state index in [0.29, 0.717) is 11.6 Å². The van der Waals surface area contributed by atoms with Crippen LogP contribution in [0.5, 0.6) is 0 Å². The van der Waals surface area contributed by atoms with Gasteiger partial charge in [-0.2, -0.15) is 4.31 Å². The second-order valence-corrected chi connectivity index (χ2v) is 9.39. The van der Waals surface area contributed by atoms with Gasteiger partial charge in [0.2, 0.25) is 15.9 Å². The van der Waals surface area contributed by atoms with Crippen LogP contribution in [0, 0.1) is 0 Å². The van der Waals surface area contributed by atoms with Crippen LogP contribution in [0.4, 0.5) is 5.69 Å². The number of para-hydroxylation sites is 1. The van der Waals surface area contributed by atoms with Crippen molar-refractivity contribution in [3.8, 4) is 0 Å². The number of sulfonamides is 1. The van der Waals surface area contributed by atoms with Crippen molar-refractivity contribution in [3.63, 3.8) is 0 Å². The molecule has 1 aliphatic rings. The SMILES string of the molecule is O=C(CN(Cc1ccc(Cl)cc1)S(=O)(=O)c1cccnc1)N1CCc2ccccc21. The molecule has 1 amide bonds. The molecule has 0 atom stereocenters. The van der Waals surface area contributed by atoms with E-state index in [1.165, 1.54) is 22.8 Å². The van der Waals surface area contributed by atoms with Gasteiger partial charge in [-0.1, -0.05) is 41.9 Å². The van der Waals surface area contributed by atoms with Crippen LogP contribution in [0.25, 0.3) is 0 Å². The van der Waals surface area contributed by atoms with Gasteiger partial charge in [0, 0.05) is 36.2 Å². The van der Waals surface area contributed by atoms with E-state index in [-0.39, 0.29) is 23.9 Å². The summed E-state index contributed by atoms with van der Waals surface area (Å²) in [6.07, 6.45) is 3.56. The number of fused-ring (bicyclic) bond motifs is 1. The number of amides is 1. The lowest BCUT2D eigenvalue weighted by atomic mass is 10.2. The molecular formula is C22H20ClN3O3S. The van der Waals surface area contributed by atoms with Crippen molar-refractivity contribution in [2.45, 2.75) is 17.9 Å². The molecule has 0 aliphatic carbocycles. The number of halogens is 1. The van der Waals surface area contributed by atoms with Crippen LogP contribution < -0.4 is 4.90 Å². The van der Waals surface area contributed by atoms with Gasteiger partial charge in [-0.05, 0) is 47.9 Å². The Bertz CT molecular complexity index is 1150. The summed E-state index contributed by atoms with van der Waals surface area (Å²) in [6, 6.07) is 17.6. The molecule has 2 aromatic carbocycles. The van der Waals surface area contributed by atoms with E-state index in [1.807, 2.05) is 24.3 Å². The van der Waals surface area contributed by atoms with Crippen molar-refractivity contribution in [2.75, 3.05) is 18.0 Å². The summed E-state index contributed by atoms with van der Waals surface area (Å²) in [5.74, 6) is -0.263. The van der Waals surface area contributed by atoms with E-state index in [2.05, 4.69) is 4.98 Å². The first kappa shape index (κ1) is 20.5. The third-order valence-electron chi connectivity index (χ3n) is 5.04. The van der Waals surface area contributed by atoms with E-state index < -0.39 is 10.0 Å². The Morgan fingerprint density at radius 2 is 1.83 bits per heavy atom. The highest BCUT2D eigenvalue weighted by Gasteiger charge is 2.31. The largest absolute Gasteiger partial charge is 0.311 e. The average Bonchev–Trinajstić information content (AvgIpc) is 3.19. The van der Waals surface area contributed by atoms with Gasteiger partial charge in [0.25, 0.3) is 0 Å². The zero-order valence-electron chi connectivity index (χ0n) is 16.1. The third-order valence-corrected chi connectivity index (χ3v) is 7.07. The number of carbonyl (C=O) groups is 1. The van der Waals surface area contributed by atoms with Gasteiger partial charge in [0.15, 0.2) is 0 Å². The van der Waals surface area contributed by atoms with E-state index in [0.717, 1.165) is 23.2 Å². The van der Waals surface area contributed by atoms with Crippen molar-refractivity contribution in [1.82, 2.24) is 9.29 Å². The highest BCUT2D eigenvalue weighted by atomic mass is 35.5. The molecule has 154 valence electrons. The number of hydrogen-bond acceptors (Lipinski definition) is 4. The smallest absolute Gasteiger partial charge is 0.245 e. The van der Waals surface area contributed by atoms with Crippen molar-refractivity contribution < 1.29 is 13.2 Å². The summed E-state index contributed by atoms with van der Waals surface area (Å²) in [7, 11) is -3.92. The van der Waals surface area contributed by atoms with Gasteiger partial charge < -0.3 is 4.90 Å². The Hall–Kier alpha value is -2.74. The number of benzene rings is 2. The average molecular weight is 442 g/mol. The molecule has 0 bridgehead atoms. The maximum atomic E-state index is 13.3. The predicted octanol–water partition coefficient (Wildman–Crippen LogP) is 3.52. The molecule has 0 spiro atoms. The highest BCUT2D eigenvalue weighted by molar-refractivity contribution is 7.89. The minimum atomic E-state index is -3.92. The van der Waals surface area contributed by atoms with Crippen LogP contribution in [0.2, 0.25) is 5.02 Å². The molecule has 3 aromatic rings. The summed E-state index contributed by atoms with van der Waals surface area (Å²) >= 11 is 5.95. The van der Waals surface area contributed by atoms with Crippen LogP contribution in [0.1, 0.15) is 11.1 Å². The van der Waals surface area contributed by atoms with Crippen molar-refractivity contribution >= 4 is 33.2 Å². The molecule has 0 radical (unpaired) electrons. The number of hydrogen-bond donors (Lipinski definition) is 0. The van der Waals surface area contributed by atoms with Gasteiger partial charge in [-0.3, -0.25) is 9.78 Å². The van der Waals surface area contributed by atoms with E-state index >= 15 is 0 Å². The number of aromatic nitrogens is 1. The summed E-state index contributed by atoms with van der Waals surface area (Å²) < 4.78 is 27.8. The second-order valence-electron chi connectivity index (χ2n) is 7.01. The summed E-state index contributed by atoms with van der Waals surface area (Å²) in [5, 5.41) is 0.560. The molecule has 6 nitrogen and oxygen atoms in total. The standard InChI is InChI=1S/C22H20ClN3O3S/c23-19-9-7-17(8-10-19)15-25(30(28,29)20-5-3-12-24-14-20)16-22(27)26-13-11-18-4-1-2-6-21(18)26/h1-10,12,14H,11,13,15-16H2. The van der Waals surface area contributed by atoms with Gasteiger partial charge in [-0.25, -0.2) is 8.42 Å². The van der Waals surface area contributed by atoms with E-state index in [9.17, 15) is 13.2 Å². The third kappa shape index (κ3) is 4.23. The van der Waals surface area contributed by atoms with Crippen LogP contribution in [-0.4, -0.2) is 36.7 Å². The number of anilines is 1. The summed E-state index contributed by atoms with van der Waals surface area (Å²) in [5.41, 5.74) is 2.67. The van der Waals surface area contributed by atoms with E-state index in [4.69, 9.17) is 11.6 Å². The lowest BCUT2D eigenvalue weighted by Gasteiger charge is -2.25. The molecule has 0 unspecified atom stereocenters. The molecular weight excluding hydrogens is 422 g/mol. The van der Waals surface area contributed by atoms with Crippen molar-refractivity contribution in [1.29, 1.82) is 0 Å². The van der Waals surface area contributed by atoms with Gasteiger partial charge in [0.1, 0.15) is 4.90 Å². The molecule has 4 rings (SSSR count). The summed E-state index contributed by atoms with van der Waals surface area (Å²) in [6.45, 7) is 0.323.